The average Bonchev–Trinajstić information content (AvgIpc) is 2.82. The lowest BCUT2D eigenvalue weighted by atomic mass is 10.2. The smallest absolute Gasteiger partial charge is 0.338 e. The van der Waals surface area contributed by atoms with Crippen LogP contribution < -0.4 is 10.6 Å². The quantitative estimate of drug-likeness (QED) is 0.800. The van der Waals surface area contributed by atoms with Crippen molar-refractivity contribution in [1.29, 1.82) is 0 Å². The zero-order valence-corrected chi connectivity index (χ0v) is 10.9. The number of anilines is 1. The third-order valence-electron chi connectivity index (χ3n) is 2.89. The van der Waals surface area contributed by atoms with Crippen molar-refractivity contribution in [3.63, 3.8) is 0 Å². The normalized spacial score (nSPS) is 18.9. The number of rotatable bonds is 4. The van der Waals surface area contributed by atoms with Crippen LogP contribution in [0, 0.1) is 0 Å². The standard InChI is InChI=1S/C14H20N2O2/c1-10(2)18-14(17)11-3-5-12(6-4-11)16-13-7-8-15-9-13/h3-6,10,13,15-16H,7-9H2,1-2H3. The number of nitrogens with one attached hydrogen (secondary N) is 2. The Morgan fingerprint density at radius 2 is 2.11 bits per heavy atom. The molecule has 18 heavy (non-hydrogen) atoms. The molecule has 0 amide bonds. The van der Waals surface area contributed by atoms with Gasteiger partial charge in [-0.05, 0) is 51.1 Å². The van der Waals surface area contributed by atoms with Crippen molar-refractivity contribution >= 4 is 11.7 Å². The van der Waals surface area contributed by atoms with Gasteiger partial charge in [0.05, 0.1) is 11.7 Å². The molecule has 0 aromatic heterocycles. The zero-order valence-electron chi connectivity index (χ0n) is 10.9. The molecule has 4 heteroatoms. The summed E-state index contributed by atoms with van der Waals surface area (Å²) < 4.78 is 5.14. The fourth-order valence-electron chi connectivity index (χ4n) is 2.00. The second-order valence-electron chi connectivity index (χ2n) is 4.87. The van der Waals surface area contributed by atoms with Gasteiger partial charge in [-0.15, -0.1) is 0 Å². The summed E-state index contributed by atoms with van der Waals surface area (Å²) in [5, 5.41) is 6.74. The molecule has 1 heterocycles. The van der Waals surface area contributed by atoms with Gasteiger partial charge >= 0.3 is 5.97 Å². The number of esters is 1. The van der Waals surface area contributed by atoms with Crippen molar-refractivity contribution in [1.82, 2.24) is 5.32 Å². The van der Waals surface area contributed by atoms with Crippen LogP contribution in [0.2, 0.25) is 0 Å². The average molecular weight is 248 g/mol. The molecule has 1 saturated heterocycles. The lowest BCUT2D eigenvalue weighted by molar-refractivity contribution is 0.0378. The van der Waals surface area contributed by atoms with Crippen LogP contribution in [0.15, 0.2) is 24.3 Å². The van der Waals surface area contributed by atoms with Gasteiger partial charge in [0.2, 0.25) is 0 Å². The molecule has 98 valence electrons. The summed E-state index contributed by atoms with van der Waals surface area (Å²) in [7, 11) is 0. The Bertz CT molecular complexity index is 395. The molecular weight excluding hydrogens is 228 g/mol. The Kier molecular flexibility index (Phi) is 4.20. The number of carbonyl (C=O) groups is 1. The van der Waals surface area contributed by atoms with Crippen LogP contribution in [0.4, 0.5) is 5.69 Å². The monoisotopic (exact) mass is 248 g/mol. The highest BCUT2D eigenvalue weighted by Gasteiger charge is 2.14. The highest BCUT2D eigenvalue weighted by atomic mass is 16.5. The molecule has 0 aliphatic carbocycles. The number of benzene rings is 1. The van der Waals surface area contributed by atoms with E-state index in [1.165, 1.54) is 0 Å². The molecule has 2 N–H and O–H groups in total. The van der Waals surface area contributed by atoms with E-state index in [0.717, 1.165) is 25.2 Å². The highest BCUT2D eigenvalue weighted by molar-refractivity contribution is 5.89. The van der Waals surface area contributed by atoms with Crippen molar-refractivity contribution < 1.29 is 9.53 Å². The van der Waals surface area contributed by atoms with Gasteiger partial charge in [0.15, 0.2) is 0 Å². The molecule has 1 aliphatic rings. The third kappa shape index (κ3) is 3.47. The molecule has 2 rings (SSSR count). The summed E-state index contributed by atoms with van der Waals surface area (Å²) in [6, 6.07) is 7.94. The molecule has 1 fully saturated rings. The van der Waals surface area contributed by atoms with E-state index in [1.54, 1.807) is 12.1 Å². The molecule has 4 nitrogen and oxygen atoms in total. The second kappa shape index (κ2) is 5.87. The molecule has 1 aliphatic heterocycles. The molecule has 1 atom stereocenters. The molecule has 0 radical (unpaired) electrons. The molecule has 1 unspecified atom stereocenters. The minimum Gasteiger partial charge on any atom is -0.459 e. The maximum atomic E-state index is 11.7. The maximum Gasteiger partial charge on any atom is 0.338 e. The van der Waals surface area contributed by atoms with Crippen LogP contribution in [0.1, 0.15) is 30.6 Å². The second-order valence-corrected chi connectivity index (χ2v) is 4.87. The highest BCUT2D eigenvalue weighted by Crippen LogP contribution is 2.14. The van der Waals surface area contributed by atoms with E-state index in [9.17, 15) is 4.79 Å². The Morgan fingerprint density at radius 1 is 1.39 bits per heavy atom. The molecule has 0 bridgehead atoms. The fourth-order valence-corrected chi connectivity index (χ4v) is 2.00. The topological polar surface area (TPSA) is 50.4 Å². The number of ether oxygens (including phenoxy) is 1. The van der Waals surface area contributed by atoms with Crippen molar-refractivity contribution in [2.75, 3.05) is 18.4 Å². The van der Waals surface area contributed by atoms with Gasteiger partial charge in [0.1, 0.15) is 0 Å². The summed E-state index contributed by atoms with van der Waals surface area (Å²) in [5.41, 5.74) is 1.64. The number of hydrogen-bond donors (Lipinski definition) is 2. The molecule has 1 aromatic rings. The number of hydrogen-bond acceptors (Lipinski definition) is 4. The first-order valence-electron chi connectivity index (χ1n) is 6.43. The van der Waals surface area contributed by atoms with Gasteiger partial charge in [-0.3, -0.25) is 0 Å². The van der Waals surface area contributed by atoms with Gasteiger partial charge in [-0.2, -0.15) is 0 Å². The first kappa shape index (κ1) is 12.9. The van der Waals surface area contributed by atoms with E-state index in [-0.39, 0.29) is 12.1 Å². The van der Waals surface area contributed by atoms with Gasteiger partial charge in [0, 0.05) is 18.3 Å². The van der Waals surface area contributed by atoms with E-state index < -0.39 is 0 Å². The summed E-state index contributed by atoms with van der Waals surface area (Å²) in [6.45, 7) is 5.76. The third-order valence-corrected chi connectivity index (χ3v) is 2.89. The first-order chi connectivity index (χ1) is 8.65. The van der Waals surface area contributed by atoms with E-state index in [2.05, 4.69) is 10.6 Å². The van der Waals surface area contributed by atoms with Crippen molar-refractivity contribution in [2.24, 2.45) is 0 Å². The largest absolute Gasteiger partial charge is 0.459 e. The summed E-state index contributed by atoms with van der Waals surface area (Å²) in [6.07, 6.45) is 1.05. The summed E-state index contributed by atoms with van der Waals surface area (Å²) in [5.74, 6) is -0.265. The van der Waals surface area contributed by atoms with Crippen LogP contribution in [-0.2, 0) is 4.74 Å². The lowest BCUT2D eigenvalue weighted by Gasteiger charge is -2.13. The van der Waals surface area contributed by atoms with Crippen LogP contribution in [0.5, 0.6) is 0 Å². The van der Waals surface area contributed by atoms with Crippen molar-refractivity contribution in [3.8, 4) is 0 Å². The summed E-state index contributed by atoms with van der Waals surface area (Å²) in [4.78, 5) is 11.7. The molecule has 0 saturated carbocycles. The number of carbonyl (C=O) groups excluding carboxylic acids is 1. The lowest BCUT2D eigenvalue weighted by Crippen LogP contribution is -2.22. The Morgan fingerprint density at radius 3 is 2.67 bits per heavy atom. The first-order valence-corrected chi connectivity index (χ1v) is 6.43. The predicted molar refractivity (Wildman–Crippen MR) is 71.9 cm³/mol. The van der Waals surface area contributed by atoms with Crippen LogP contribution >= 0.6 is 0 Å². The van der Waals surface area contributed by atoms with Crippen molar-refractivity contribution in [2.45, 2.75) is 32.4 Å². The minimum absolute atomic E-state index is 0.0835. The van der Waals surface area contributed by atoms with Gasteiger partial charge < -0.3 is 15.4 Å². The van der Waals surface area contributed by atoms with Crippen LogP contribution in [0.25, 0.3) is 0 Å². The molecular formula is C14H20N2O2. The van der Waals surface area contributed by atoms with E-state index in [4.69, 9.17) is 4.74 Å². The van der Waals surface area contributed by atoms with Crippen molar-refractivity contribution in [3.05, 3.63) is 29.8 Å². The summed E-state index contributed by atoms with van der Waals surface area (Å²) >= 11 is 0. The SMILES string of the molecule is CC(C)OC(=O)c1ccc(NC2CCNC2)cc1. The maximum absolute atomic E-state index is 11.7. The van der Waals surface area contributed by atoms with Crippen LogP contribution in [0.3, 0.4) is 0 Å². The van der Waals surface area contributed by atoms with Crippen LogP contribution in [-0.4, -0.2) is 31.2 Å². The van der Waals surface area contributed by atoms with E-state index >= 15 is 0 Å². The van der Waals surface area contributed by atoms with E-state index in [1.807, 2.05) is 26.0 Å². The molecule has 0 spiro atoms. The minimum atomic E-state index is -0.265. The molecule has 1 aromatic carbocycles. The van der Waals surface area contributed by atoms with Gasteiger partial charge in [-0.25, -0.2) is 4.79 Å². The Labute approximate surface area is 108 Å². The predicted octanol–water partition coefficient (Wildman–Crippen LogP) is 2.03. The van der Waals surface area contributed by atoms with Gasteiger partial charge in [0.25, 0.3) is 0 Å². The van der Waals surface area contributed by atoms with E-state index in [0.29, 0.717) is 11.6 Å². The zero-order chi connectivity index (χ0) is 13.0. The Hall–Kier alpha value is -1.55. The van der Waals surface area contributed by atoms with Gasteiger partial charge in [-0.1, -0.05) is 0 Å². The Balaban J connectivity index is 1.94. The fraction of sp³-hybridized carbons (Fsp3) is 0.500.